The van der Waals surface area contributed by atoms with E-state index in [1.54, 1.807) is 0 Å². The molecule has 0 spiro atoms. The van der Waals surface area contributed by atoms with Gasteiger partial charge in [-0.1, -0.05) is 42.5 Å². The number of aliphatic hydroxyl groups is 1. The van der Waals surface area contributed by atoms with Crippen molar-refractivity contribution in [2.75, 3.05) is 0 Å². The Bertz CT molecular complexity index is 556. The van der Waals surface area contributed by atoms with E-state index < -0.39 is 0 Å². The zero-order chi connectivity index (χ0) is 13.2. The smallest absolute Gasteiger partial charge is 0.0682 e. The third-order valence-electron chi connectivity index (χ3n) is 4.00. The quantitative estimate of drug-likeness (QED) is 0.883. The number of hydrogen-bond donors (Lipinski definition) is 2. The molecule has 19 heavy (non-hydrogen) atoms. The van der Waals surface area contributed by atoms with E-state index in [2.05, 4.69) is 30.3 Å². The van der Waals surface area contributed by atoms with Crippen LogP contribution in [0.1, 0.15) is 29.9 Å². The predicted octanol–water partition coefficient (Wildman–Crippen LogP) is 3.05. The normalized spacial score (nSPS) is 22.0. The van der Waals surface area contributed by atoms with Crippen LogP contribution in [-0.2, 0) is 6.61 Å². The molecule has 3 rings (SSSR count). The summed E-state index contributed by atoms with van der Waals surface area (Å²) in [5, 5.41) is 9.18. The van der Waals surface area contributed by atoms with Crippen molar-refractivity contribution in [3.63, 3.8) is 0 Å². The molecule has 1 saturated carbocycles. The number of aliphatic hydroxyl groups excluding tert-OH is 1. The van der Waals surface area contributed by atoms with Gasteiger partial charge in [0.15, 0.2) is 0 Å². The molecule has 2 aromatic carbocycles. The molecule has 1 aliphatic rings. The van der Waals surface area contributed by atoms with E-state index in [0.29, 0.717) is 12.0 Å². The van der Waals surface area contributed by atoms with E-state index in [-0.39, 0.29) is 6.61 Å². The SMILES string of the molecule is NC1CC(c2ccc(-c3cccc(CO)c3)cc2)C1. The van der Waals surface area contributed by atoms with Crippen LogP contribution in [0, 0.1) is 0 Å². The molecule has 0 amide bonds. The van der Waals surface area contributed by atoms with Crippen molar-refractivity contribution < 1.29 is 5.11 Å². The van der Waals surface area contributed by atoms with Crippen molar-refractivity contribution in [3.8, 4) is 11.1 Å². The molecule has 0 aromatic heterocycles. The Morgan fingerprint density at radius 2 is 1.74 bits per heavy atom. The first-order chi connectivity index (χ1) is 9.26. The summed E-state index contributed by atoms with van der Waals surface area (Å²) >= 11 is 0. The van der Waals surface area contributed by atoms with Gasteiger partial charge in [0.05, 0.1) is 6.61 Å². The summed E-state index contributed by atoms with van der Waals surface area (Å²) in [5.74, 6) is 0.646. The van der Waals surface area contributed by atoms with Gasteiger partial charge in [-0.25, -0.2) is 0 Å². The van der Waals surface area contributed by atoms with Crippen molar-refractivity contribution in [2.24, 2.45) is 5.73 Å². The lowest BCUT2D eigenvalue weighted by Gasteiger charge is -2.32. The van der Waals surface area contributed by atoms with Gasteiger partial charge < -0.3 is 10.8 Å². The van der Waals surface area contributed by atoms with E-state index in [4.69, 9.17) is 5.73 Å². The number of hydrogen-bond acceptors (Lipinski definition) is 2. The first kappa shape index (κ1) is 12.4. The summed E-state index contributed by atoms with van der Waals surface area (Å²) in [5.41, 5.74) is 10.5. The summed E-state index contributed by atoms with van der Waals surface area (Å²) in [6.45, 7) is 0.0892. The molecule has 2 aromatic rings. The van der Waals surface area contributed by atoms with Gasteiger partial charge in [-0.15, -0.1) is 0 Å². The average molecular weight is 253 g/mol. The van der Waals surface area contributed by atoms with Crippen molar-refractivity contribution in [2.45, 2.75) is 31.4 Å². The zero-order valence-corrected chi connectivity index (χ0v) is 10.9. The third-order valence-corrected chi connectivity index (χ3v) is 4.00. The van der Waals surface area contributed by atoms with E-state index in [9.17, 15) is 5.11 Å². The van der Waals surface area contributed by atoms with Crippen LogP contribution in [0.3, 0.4) is 0 Å². The Labute approximate surface area is 113 Å². The van der Waals surface area contributed by atoms with E-state index in [1.165, 1.54) is 11.1 Å². The van der Waals surface area contributed by atoms with Crippen LogP contribution in [0.5, 0.6) is 0 Å². The van der Waals surface area contributed by atoms with Crippen LogP contribution in [-0.4, -0.2) is 11.1 Å². The molecule has 1 aliphatic carbocycles. The van der Waals surface area contributed by atoms with E-state index >= 15 is 0 Å². The average Bonchev–Trinajstić information content (AvgIpc) is 2.44. The Morgan fingerprint density at radius 1 is 1.00 bits per heavy atom. The molecule has 0 atom stereocenters. The second-order valence-corrected chi connectivity index (χ2v) is 5.41. The molecule has 3 N–H and O–H groups in total. The van der Waals surface area contributed by atoms with Crippen LogP contribution in [0.15, 0.2) is 48.5 Å². The predicted molar refractivity (Wildman–Crippen MR) is 77.8 cm³/mol. The first-order valence-corrected chi connectivity index (χ1v) is 6.82. The molecule has 0 aliphatic heterocycles. The van der Waals surface area contributed by atoms with Gasteiger partial charge in [0.2, 0.25) is 0 Å². The lowest BCUT2D eigenvalue weighted by atomic mass is 9.76. The molecule has 98 valence electrons. The highest BCUT2D eigenvalue weighted by molar-refractivity contribution is 5.64. The van der Waals surface area contributed by atoms with Crippen molar-refractivity contribution in [1.29, 1.82) is 0 Å². The molecule has 0 radical (unpaired) electrons. The molecule has 0 bridgehead atoms. The fourth-order valence-corrected chi connectivity index (χ4v) is 2.73. The van der Waals surface area contributed by atoms with Gasteiger partial charge in [0.25, 0.3) is 0 Å². The summed E-state index contributed by atoms with van der Waals surface area (Å²) in [6, 6.07) is 17.2. The van der Waals surface area contributed by atoms with Gasteiger partial charge in [0, 0.05) is 6.04 Å². The van der Waals surface area contributed by atoms with Crippen molar-refractivity contribution in [3.05, 3.63) is 59.7 Å². The lowest BCUT2D eigenvalue weighted by molar-refractivity contribution is 0.282. The summed E-state index contributed by atoms with van der Waals surface area (Å²) in [4.78, 5) is 0. The van der Waals surface area contributed by atoms with Crippen LogP contribution in [0.25, 0.3) is 11.1 Å². The summed E-state index contributed by atoms with van der Waals surface area (Å²) in [7, 11) is 0. The van der Waals surface area contributed by atoms with E-state index in [1.807, 2.05) is 18.2 Å². The molecule has 0 saturated heterocycles. The van der Waals surface area contributed by atoms with Gasteiger partial charge in [-0.2, -0.15) is 0 Å². The Hall–Kier alpha value is -1.64. The highest BCUT2D eigenvalue weighted by atomic mass is 16.3. The fourth-order valence-electron chi connectivity index (χ4n) is 2.73. The maximum absolute atomic E-state index is 9.18. The van der Waals surface area contributed by atoms with Crippen molar-refractivity contribution in [1.82, 2.24) is 0 Å². The lowest BCUT2D eigenvalue weighted by Crippen LogP contribution is -2.34. The van der Waals surface area contributed by atoms with Crippen LogP contribution in [0.4, 0.5) is 0 Å². The van der Waals surface area contributed by atoms with Crippen LogP contribution in [0.2, 0.25) is 0 Å². The van der Waals surface area contributed by atoms with Crippen LogP contribution < -0.4 is 5.73 Å². The summed E-state index contributed by atoms with van der Waals surface area (Å²) < 4.78 is 0. The zero-order valence-electron chi connectivity index (χ0n) is 10.9. The van der Waals surface area contributed by atoms with Gasteiger partial charge >= 0.3 is 0 Å². The van der Waals surface area contributed by atoms with Gasteiger partial charge in [0.1, 0.15) is 0 Å². The molecular formula is C17H19NO. The molecule has 0 unspecified atom stereocenters. The largest absolute Gasteiger partial charge is 0.392 e. The maximum atomic E-state index is 9.18. The minimum absolute atomic E-state index is 0.0892. The first-order valence-electron chi connectivity index (χ1n) is 6.82. The maximum Gasteiger partial charge on any atom is 0.0682 e. The second kappa shape index (κ2) is 5.16. The number of benzene rings is 2. The Kier molecular flexibility index (Phi) is 3.36. The third kappa shape index (κ3) is 2.55. The molecule has 1 fully saturated rings. The van der Waals surface area contributed by atoms with Crippen LogP contribution >= 0.6 is 0 Å². The summed E-state index contributed by atoms with van der Waals surface area (Å²) in [6.07, 6.45) is 2.22. The molecular weight excluding hydrogens is 234 g/mol. The second-order valence-electron chi connectivity index (χ2n) is 5.41. The molecule has 2 heteroatoms. The Morgan fingerprint density at radius 3 is 2.37 bits per heavy atom. The Balaban J connectivity index is 1.81. The van der Waals surface area contributed by atoms with E-state index in [0.717, 1.165) is 24.0 Å². The minimum atomic E-state index is 0.0892. The molecule has 2 nitrogen and oxygen atoms in total. The number of nitrogens with two attached hydrogens (primary N) is 1. The number of rotatable bonds is 3. The highest BCUT2D eigenvalue weighted by Crippen LogP contribution is 2.36. The van der Waals surface area contributed by atoms with Gasteiger partial charge in [-0.3, -0.25) is 0 Å². The minimum Gasteiger partial charge on any atom is -0.392 e. The van der Waals surface area contributed by atoms with Gasteiger partial charge in [-0.05, 0) is 47.1 Å². The topological polar surface area (TPSA) is 46.2 Å². The van der Waals surface area contributed by atoms with Crippen molar-refractivity contribution >= 4 is 0 Å². The fraction of sp³-hybridized carbons (Fsp3) is 0.294. The monoisotopic (exact) mass is 253 g/mol. The molecule has 0 heterocycles. The standard InChI is InChI=1S/C17H19NO/c18-17-9-16(10-17)14-6-4-13(5-7-14)15-3-1-2-12(8-15)11-19/h1-8,16-17,19H,9-11,18H2. The highest BCUT2D eigenvalue weighted by Gasteiger charge is 2.26.